The number of carbonyl (C=O) groups excluding carboxylic acids is 2. The molecule has 0 saturated carbocycles. The second-order valence-electron chi connectivity index (χ2n) is 12.4. The van der Waals surface area contributed by atoms with Crippen molar-refractivity contribution in [2.24, 2.45) is 9.98 Å². The molecule has 3 aromatic carbocycles. The number of piperidine rings is 1. The third kappa shape index (κ3) is 14.1. The van der Waals surface area contributed by atoms with E-state index in [0.29, 0.717) is 54.7 Å². The van der Waals surface area contributed by atoms with Crippen LogP contribution in [0.25, 0.3) is 0 Å². The molecule has 11 nitrogen and oxygen atoms in total. The van der Waals surface area contributed by atoms with E-state index >= 15 is 0 Å². The van der Waals surface area contributed by atoms with Crippen LogP contribution in [0.3, 0.4) is 0 Å². The zero-order valence-electron chi connectivity index (χ0n) is 30.0. The van der Waals surface area contributed by atoms with Crippen LogP contribution in [0.15, 0.2) is 70.6 Å². The van der Waals surface area contributed by atoms with Crippen molar-refractivity contribution in [1.29, 1.82) is 0 Å². The molecule has 2 heterocycles. The summed E-state index contributed by atoms with van der Waals surface area (Å²) in [6.45, 7) is 10.8. The summed E-state index contributed by atoms with van der Waals surface area (Å²) in [4.78, 5) is 38.1. The van der Waals surface area contributed by atoms with Gasteiger partial charge in [0.2, 0.25) is 0 Å². The number of halogens is 2. The fourth-order valence-corrected chi connectivity index (χ4v) is 5.39. The maximum atomic E-state index is 14.4. The molecule has 2 aliphatic rings. The molecule has 3 aromatic rings. The van der Waals surface area contributed by atoms with E-state index in [1.54, 1.807) is 36.4 Å². The van der Waals surface area contributed by atoms with Gasteiger partial charge in [0.1, 0.15) is 17.7 Å². The van der Waals surface area contributed by atoms with Crippen LogP contribution in [-0.4, -0.2) is 102 Å². The highest BCUT2D eigenvalue weighted by Gasteiger charge is 2.18. The van der Waals surface area contributed by atoms with Crippen molar-refractivity contribution in [3.8, 4) is 5.75 Å². The van der Waals surface area contributed by atoms with Gasteiger partial charge in [0.05, 0.1) is 25.8 Å². The topological polar surface area (TPSA) is 120 Å². The van der Waals surface area contributed by atoms with Crippen LogP contribution in [0.2, 0.25) is 0 Å². The first-order valence-corrected chi connectivity index (χ1v) is 17.3. The molecule has 5 rings (SSSR count). The van der Waals surface area contributed by atoms with Gasteiger partial charge in [0.25, 0.3) is 11.8 Å². The fourth-order valence-electron chi connectivity index (χ4n) is 5.39. The number of benzene rings is 3. The molecule has 276 valence electrons. The summed E-state index contributed by atoms with van der Waals surface area (Å²) in [5, 5.41) is 9.08. The lowest BCUT2D eigenvalue weighted by Crippen LogP contribution is -2.36. The summed E-state index contributed by atoms with van der Waals surface area (Å²) < 4.78 is 25.8. The van der Waals surface area contributed by atoms with E-state index in [1.165, 1.54) is 12.1 Å². The Balaban J connectivity index is 0.000000508. The lowest BCUT2D eigenvalue weighted by Gasteiger charge is -2.29. The molecule has 2 amide bonds. The molecule has 3 N–H and O–H groups in total. The standard InChI is InChI=1S/C30H33FN4O4.C8H17N3.ClH/c1-20-5-6-24(33-30(37)22-15-23(31)18-25(16-22)35-11-13-38-14-12-35)19-28(20)34-29(36)21-3-2-4-27(17-21)39-26-7-9-32-10-8-26;1-4-9-8-10-6-5-7-11(2)3;/h2-6,15-19,26,32H,7-14H2,1H3,(H,33,37)(H,34,36);4-7H2,1-3H3;1H. The van der Waals surface area contributed by atoms with E-state index in [9.17, 15) is 14.0 Å². The van der Waals surface area contributed by atoms with Crippen molar-refractivity contribution in [3.63, 3.8) is 0 Å². The molecular formula is C38H51ClFN7O4. The maximum Gasteiger partial charge on any atom is 0.255 e. The number of aliphatic imine (C=N–C) groups is 2. The fraction of sp³-hybridized carbons (Fsp3) is 0.447. The minimum absolute atomic E-state index is 0. The molecule has 2 fully saturated rings. The Bertz CT molecular complexity index is 1620. The van der Waals surface area contributed by atoms with Gasteiger partial charge in [0.15, 0.2) is 0 Å². The Morgan fingerprint density at radius 1 is 1.00 bits per heavy atom. The number of hydrogen-bond acceptors (Lipinski definition) is 9. The summed E-state index contributed by atoms with van der Waals surface area (Å²) >= 11 is 0. The number of aryl methyl sites for hydroxylation is 1. The Morgan fingerprint density at radius 3 is 2.47 bits per heavy atom. The summed E-state index contributed by atoms with van der Waals surface area (Å²) in [6.07, 6.45) is 3.07. The average molecular weight is 724 g/mol. The molecule has 0 atom stereocenters. The Morgan fingerprint density at radius 2 is 1.75 bits per heavy atom. The minimum atomic E-state index is -0.479. The van der Waals surface area contributed by atoms with E-state index in [-0.39, 0.29) is 30.0 Å². The molecule has 0 unspecified atom stereocenters. The highest BCUT2D eigenvalue weighted by molar-refractivity contribution is 6.07. The van der Waals surface area contributed by atoms with Crippen LogP contribution >= 0.6 is 12.4 Å². The van der Waals surface area contributed by atoms with Gasteiger partial charge in [-0.2, -0.15) is 0 Å². The SMILES string of the molecule is CCN=C=NCCCN(C)C.Cc1ccc(NC(=O)c2cc(F)cc(N3CCOCC3)c2)cc1NC(=O)c1cccc(OC2CCNCC2)c1.Cl. The molecule has 0 radical (unpaired) electrons. The maximum absolute atomic E-state index is 14.4. The van der Waals surface area contributed by atoms with Crippen LogP contribution in [0.1, 0.15) is 52.5 Å². The van der Waals surface area contributed by atoms with E-state index in [1.807, 2.05) is 30.9 Å². The summed E-state index contributed by atoms with van der Waals surface area (Å²) in [5.74, 6) is -0.531. The Kier molecular flexibility index (Phi) is 17.6. The first kappa shape index (κ1) is 41.1. The van der Waals surface area contributed by atoms with Gasteiger partial charge in [0, 0.05) is 47.8 Å². The molecule has 13 heteroatoms. The Hall–Kier alpha value is -4.32. The first-order valence-electron chi connectivity index (χ1n) is 17.3. The molecule has 51 heavy (non-hydrogen) atoms. The van der Waals surface area contributed by atoms with E-state index in [4.69, 9.17) is 9.47 Å². The van der Waals surface area contributed by atoms with Crippen molar-refractivity contribution < 1.29 is 23.5 Å². The van der Waals surface area contributed by atoms with Gasteiger partial charge in [-0.05, 0) is 121 Å². The molecule has 0 spiro atoms. The van der Waals surface area contributed by atoms with Gasteiger partial charge in [-0.3, -0.25) is 9.59 Å². The molecule has 2 aliphatic heterocycles. The molecule has 0 bridgehead atoms. The van der Waals surface area contributed by atoms with E-state index < -0.39 is 11.7 Å². The summed E-state index contributed by atoms with van der Waals surface area (Å²) in [5.41, 5.74) is 3.23. The van der Waals surface area contributed by atoms with Crippen LogP contribution < -0.4 is 25.6 Å². The highest BCUT2D eigenvalue weighted by Crippen LogP contribution is 2.25. The predicted octanol–water partition coefficient (Wildman–Crippen LogP) is 6.16. The minimum Gasteiger partial charge on any atom is -0.490 e. The van der Waals surface area contributed by atoms with Crippen molar-refractivity contribution >= 4 is 47.3 Å². The lowest BCUT2D eigenvalue weighted by molar-refractivity contribution is 0.101. The summed E-state index contributed by atoms with van der Waals surface area (Å²) in [7, 11) is 4.12. The molecule has 0 aliphatic carbocycles. The van der Waals surface area contributed by atoms with Gasteiger partial charge < -0.3 is 35.2 Å². The predicted molar refractivity (Wildman–Crippen MR) is 205 cm³/mol. The van der Waals surface area contributed by atoms with Gasteiger partial charge in [-0.25, -0.2) is 14.4 Å². The molecule has 2 saturated heterocycles. The number of amides is 2. The Labute approximate surface area is 307 Å². The van der Waals surface area contributed by atoms with Crippen molar-refractivity contribution in [2.75, 3.05) is 88.7 Å². The number of rotatable bonds is 12. The van der Waals surface area contributed by atoms with Crippen molar-refractivity contribution in [1.82, 2.24) is 10.2 Å². The second-order valence-corrected chi connectivity index (χ2v) is 12.4. The number of carbonyl (C=O) groups is 2. The van der Waals surface area contributed by atoms with E-state index in [0.717, 1.165) is 57.5 Å². The number of nitrogens with one attached hydrogen (secondary N) is 3. The normalized spacial score (nSPS) is 14.3. The van der Waals surface area contributed by atoms with Crippen molar-refractivity contribution in [2.45, 2.75) is 39.2 Å². The van der Waals surface area contributed by atoms with Gasteiger partial charge >= 0.3 is 0 Å². The highest BCUT2D eigenvalue weighted by atomic mass is 35.5. The third-order valence-corrected chi connectivity index (χ3v) is 8.12. The number of morpholine rings is 1. The number of nitrogens with zero attached hydrogens (tertiary/aromatic N) is 4. The zero-order chi connectivity index (χ0) is 35.7. The van der Waals surface area contributed by atoms with E-state index in [2.05, 4.69) is 50.9 Å². The molecular weight excluding hydrogens is 673 g/mol. The zero-order valence-corrected chi connectivity index (χ0v) is 30.9. The second kappa shape index (κ2) is 21.8. The summed E-state index contributed by atoms with van der Waals surface area (Å²) in [6, 6.07) is 19.4. The van der Waals surface area contributed by atoms with Gasteiger partial charge in [-0.15, -0.1) is 12.4 Å². The lowest BCUT2D eigenvalue weighted by atomic mass is 10.1. The first-order chi connectivity index (χ1) is 24.2. The third-order valence-electron chi connectivity index (χ3n) is 8.12. The quantitative estimate of drug-likeness (QED) is 0.151. The van der Waals surface area contributed by atoms with Crippen LogP contribution in [0, 0.1) is 12.7 Å². The smallest absolute Gasteiger partial charge is 0.255 e. The van der Waals surface area contributed by atoms with Crippen molar-refractivity contribution in [3.05, 3.63) is 83.2 Å². The molecule has 0 aromatic heterocycles. The van der Waals surface area contributed by atoms with Crippen LogP contribution in [0.5, 0.6) is 5.75 Å². The van der Waals surface area contributed by atoms with Crippen LogP contribution in [-0.2, 0) is 4.74 Å². The number of anilines is 3. The van der Waals surface area contributed by atoms with Crippen LogP contribution in [0.4, 0.5) is 21.5 Å². The monoisotopic (exact) mass is 723 g/mol. The average Bonchev–Trinajstić information content (AvgIpc) is 3.12. The van der Waals surface area contributed by atoms with Gasteiger partial charge in [-0.1, -0.05) is 12.1 Å². The largest absolute Gasteiger partial charge is 0.490 e. The number of ether oxygens (including phenoxy) is 2. The number of hydrogen-bond donors (Lipinski definition) is 3.